The molecular formula is C16H16BBrO3. The maximum atomic E-state index is 5.78. The van der Waals surface area contributed by atoms with Gasteiger partial charge in [0.25, 0.3) is 0 Å². The van der Waals surface area contributed by atoms with Crippen molar-refractivity contribution in [3.63, 3.8) is 0 Å². The van der Waals surface area contributed by atoms with Crippen molar-refractivity contribution in [2.45, 2.75) is 19.6 Å². The fourth-order valence-electron chi connectivity index (χ4n) is 2.28. The van der Waals surface area contributed by atoms with E-state index in [9.17, 15) is 0 Å². The second-order valence-electron chi connectivity index (χ2n) is 5.06. The second kappa shape index (κ2) is 6.75. The van der Waals surface area contributed by atoms with Crippen LogP contribution in [-0.2, 0) is 20.6 Å². The Labute approximate surface area is 133 Å². The minimum absolute atomic E-state index is 0.0582. The van der Waals surface area contributed by atoms with Crippen LogP contribution in [0.3, 0.4) is 0 Å². The SMILES string of the molecule is Cc1ccc(Br)c(COB2OCC(c3ccccc3)O2)c1. The summed E-state index contributed by atoms with van der Waals surface area (Å²) >= 11 is 3.53. The molecular weight excluding hydrogens is 331 g/mol. The molecule has 3 nitrogen and oxygen atoms in total. The van der Waals surface area contributed by atoms with Crippen molar-refractivity contribution < 1.29 is 14.0 Å². The molecule has 1 heterocycles. The van der Waals surface area contributed by atoms with Crippen LogP contribution in [-0.4, -0.2) is 13.9 Å². The quantitative estimate of drug-likeness (QED) is 0.782. The standard InChI is InChI=1S/C16H16BBrO3/c1-12-7-8-15(18)14(9-12)10-19-17-20-11-16(21-17)13-5-3-2-4-6-13/h2-9,16H,10-11H2,1H3. The molecule has 1 saturated heterocycles. The molecule has 0 aromatic heterocycles. The van der Waals surface area contributed by atoms with Gasteiger partial charge in [-0.05, 0) is 24.1 Å². The van der Waals surface area contributed by atoms with Gasteiger partial charge >= 0.3 is 7.32 Å². The Morgan fingerprint density at radius 1 is 1.24 bits per heavy atom. The van der Waals surface area contributed by atoms with Gasteiger partial charge in [0.2, 0.25) is 0 Å². The Morgan fingerprint density at radius 3 is 2.86 bits per heavy atom. The highest BCUT2D eigenvalue weighted by atomic mass is 79.9. The lowest BCUT2D eigenvalue weighted by Crippen LogP contribution is -2.19. The van der Waals surface area contributed by atoms with Crippen LogP contribution >= 0.6 is 15.9 Å². The molecule has 1 unspecified atom stereocenters. The molecule has 2 aromatic carbocycles. The summed E-state index contributed by atoms with van der Waals surface area (Å²) in [6.07, 6.45) is -0.0582. The summed E-state index contributed by atoms with van der Waals surface area (Å²) in [5, 5.41) is 0. The lowest BCUT2D eigenvalue weighted by atomic mass is 10.1. The van der Waals surface area contributed by atoms with Gasteiger partial charge in [0, 0.05) is 4.47 Å². The third-order valence-corrected chi connectivity index (χ3v) is 4.18. The van der Waals surface area contributed by atoms with Gasteiger partial charge < -0.3 is 14.0 Å². The lowest BCUT2D eigenvalue weighted by Gasteiger charge is -2.10. The van der Waals surface area contributed by atoms with E-state index in [4.69, 9.17) is 14.0 Å². The van der Waals surface area contributed by atoms with E-state index in [0.717, 1.165) is 15.6 Å². The average Bonchev–Trinajstić information content (AvgIpc) is 2.98. The van der Waals surface area contributed by atoms with Crippen molar-refractivity contribution in [1.82, 2.24) is 0 Å². The van der Waals surface area contributed by atoms with Crippen LogP contribution < -0.4 is 0 Å². The monoisotopic (exact) mass is 346 g/mol. The van der Waals surface area contributed by atoms with Crippen LogP contribution in [0.25, 0.3) is 0 Å². The summed E-state index contributed by atoms with van der Waals surface area (Å²) in [6.45, 7) is 3.03. The normalized spacial score (nSPS) is 18.2. The number of rotatable bonds is 4. The van der Waals surface area contributed by atoms with Gasteiger partial charge in [-0.1, -0.05) is 64.0 Å². The highest BCUT2D eigenvalue weighted by Gasteiger charge is 2.34. The number of hydrogen-bond donors (Lipinski definition) is 0. The van der Waals surface area contributed by atoms with E-state index < -0.39 is 7.32 Å². The van der Waals surface area contributed by atoms with Crippen LogP contribution in [0, 0.1) is 6.92 Å². The number of aryl methyl sites for hydroxylation is 1. The van der Waals surface area contributed by atoms with Crippen molar-refractivity contribution in [1.29, 1.82) is 0 Å². The molecule has 21 heavy (non-hydrogen) atoms. The Morgan fingerprint density at radius 2 is 2.05 bits per heavy atom. The maximum Gasteiger partial charge on any atom is 0.640 e. The highest BCUT2D eigenvalue weighted by Crippen LogP contribution is 2.26. The van der Waals surface area contributed by atoms with E-state index >= 15 is 0 Å². The molecule has 108 valence electrons. The molecule has 1 aliphatic rings. The molecule has 3 rings (SSSR count). The zero-order chi connectivity index (χ0) is 14.7. The Kier molecular flexibility index (Phi) is 4.75. The first-order valence-corrected chi connectivity index (χ1v) is 7.70. The van der Waals surface area contributed by atoms with Gasteiger partial charge in [0.05, 0.1) is 19.3 Å². The van der Waals surface area contributed by atoms with Crippen LogP contribution in [0.15, 0.2) is 53.0 Å². The van der Waals surface area contributed by atoms with Gasteiger partial charge in [-0.2, -0.15) is 0 Å². The van der Waals surface area contributed by atoms with Crippen LogP contribution in [0.1, 0.15) is 22.8 Å². The van der Waals surface area contributed by atoms with Crippen LogP contribution in [0.5, 0.6) is 0 Å². The second-order valence-corrected chi connectivity index (χ2v) is 5.92. The molecule has 0 saturated carbocycles. The van der Waals surface area contributed by atoms with Crippen molar-refractivity contribution in [2.24, 2.45) is 0 Å². The fraction of sp³-hybridized carbons (Fsp3) is 0.250. The molecule has 0 amide bonds. The van der Waals surface area contributed by atoms with E-state index in [2.05, 4.69) is 35.0 Å². The van der Waals surface area contributed by atoms with E-state index in [0.29, 0.717) is 13.2 Å². The van der Waals surface area contributed by atoms with Crippen molar-refractivity contribution in [3.05, 3.63) is 69.7 Å². The molecule has 0 spiro atoms. The van der Waals surface area contributed by atoms with Gasteiger partial charge in [0.1, 0.15) is 0 Å². The maximum absolute atomic E-state index is 5.78. The Balaban J connectivity index is 1.57. The smallest absolute Gasteiger partial charge is 0.383 e. The molecule has 1 aliphatic heterocycles. The molecule has 1 fully saturated rings. The first-order chi connectivity index (χ1) is 10.2. The Hall–Kier alpha value is -1.14. The highest BCUT2D eigenvalue weighted by molar-refractivity contribution is 9.10. The molecule has 0 radical (unpaired) electrons. The summed E-state index contributed by atoms with van der Waals surface area (Å²) in [5.74, 6) is 0. The van der Waals surface area contributed by atoms with Crippen molar-refractivity contribution in [3.8, 4) is 0 Å². The van der Waals surface area contributed by atoms with Crippen molar-refractivity contribution >= 4 is 23.3 Å². The predicted octanol–water partition coefficient (Wildman–Crippen LogP) is 4.05. The number of hydrogen-bond acceptors (Lipinski definition) is 3. The molecule has 5 heteroatoms. The van der Waals surface area contributed by atoms with Crippen molar-refractivity contribution in [2.75, 3.05) is 6.61 Å². The summed E-state index contributed by atoms with van der Waals surface area (Å²) in [6, 6.07) is 16.2. The predicted molar refractivity (Wildman–Crippen MR) is 85.6 cm³/mol. The topological polar surface area (TPSA) is 27.7 Å². The van der Waals surface area contributed by atoms with E-state index in [1.54, 1.807) is 0 Å². The first kappa shape index (κ1) is 14.8. The van der Waals surface area contributed by atoms with Crippen LogP contribution in [0.4, 0.5) is 0 Å². The zero-order valence-electron chi connectivity index (χ0n) is 11.8. The largest absolute Gasteiger partial charge is 0.640 e. The van der Waals surface area contributed by atoms with Gasteiger partial charge in [0.15, 0.2) is 0 Å². The van der Waals surface area contributed by atoms with E-state index in [-0.39, 0.29) is 6.10 Å². The minimum Gasteiger partial charge on any atom is -0.383 e. The molecule has 0 bridgehead atoms. The fourth-order valence-corrected chi connectivity index (χ4v) is 2.64. The Bertz CT molecular complexity index is 606. The molecule has 0 N–H and O–H groups in total. The lowest BCUT2D eigenvalue weighted by molar-refractivity contribution is 0.153. The van der Waals surface area contributed by atoms with Gasteiger partial charge in [-0.3, -0.25) is 0 Å². The van der Waals surface area contributed by atoms with Gasteiger partial charge in [-0.15, -0.1) is 0 Å². The summed E-state index contributed by atoms with van der Waals surface area (Å²) in [7, 11) is -0.609. The van der Waals surface area contributed by atoms with Crippen LogP contribution in [0.2, 0.25) is 0 Å². The third kappa shape index (κ3) is 3.74. The van der Waals surface area contributed by atoms with Gasteiger partial charge in [-0.25, -0.2) is 0 Å². The summed E-state index contributed by atoms with van der Waals surface area (Å²) < 4.78 is 18.1. The third-order valence-electron chi connectivity index (χ3n) is 3.41. The molecule has 2 aromatic rings. The molecule has 1 atom stereocenters. The molecule has 0 aliphatic carbocycles. The average molecular weight is 347 g/mol. The zero-order valence-corrected chi connectivity index (χ0v) is 13.4. The summed E-state index contributed by atoms with van der Waals surface area (Å²) in [5.41, 5.74) is 3.40. The minimum atomic E-state index is -0.609. The summed E-state index contributed by atoms with van der Waals surface area (Å²) in [4.78, 5) is 0. The first-order valence-electron chi connectivity index (χ1n) is 6.91. The van der Waals surface area contributed by atoms with E-state index in [1.165, 1.54) is 5.56 Å². The van der Waals surface area contributed by atoms with E-state index in [1.807, 2.05) is 36.4 Å². The number of benzene rings is 2. The number of halogens is 1.